The minimum atomic E-state index is 0.211. The number of ether oxygens (including phenoxy) is 1. The SMILES string of the molecule is Cc1cccc(-c2ccccc2OCCC(=O)N2CCCCC2)c1. The molecule has 0 aliphatic carbocycles. The summed E-state index contributed by atoms with van der Waals surface area (Å²) >= 11 is 0. The third-order valence-corrected chi connectivity index (χ3v) is 4.50. The number of likely N-dealkylation sites (tertiary alicyclic amines) is 1. The summed E-state index contributed by atoms with van der Waals surface area (Å²) in [6, 6.07) is 16.4. The summed E-state index contributed by atoms with van der Waals surface area (Å²) in [4.78, 5) is 14.2. The summed E-state index contributed by atoms with van der Waals surface area (Å²) in [7, 11) is 0. The lowest BCUT2D eigenvalue weighted by Gasteiger charge is -2.26. The number of amides is 1. The van der Waals surface area contributed by atoms with E-state index >= 15 is 0 Å². The number of carbonyl (C=O) groups excluding carboxylic acids is 1. The second-order valence-corrected chi connectivity index (χ2v) is 6.41. The van der Waals surface area contributed by atoms with E-state index in [4.69, 9.17) is 4.74 Å². The molecular formula is C21H25NO2. The molecule has 0 bridgehead atoms. The average Bonchev–Trinajstić information content (AvgIpc) is 2.63. The summed E-state index contributed by atoms with van der Waals surface area (Å²) in [5, 5.41) is 0. The lowest BCUT2D eigenvalue weighted by molar-refractivity contribution is -0.132. The van der Waals surface area contributed by atoms with E-state index in [0.29, 0.717) is 13.0 Å². The Morgan fingerprint density at radius 2 is 1.83 bits per heavy atom. The van der Waals surface area contributed by atoms with Gasteiger partial charge in [-0.15, -0.1) is 0 Å². The number of rotatable bonds is 5. The van der Waals surface area contributed by atoms with E-state index in [0.717, 1.165) is 42.8 Å². The van der Waals surface area contributed by atoms with Crippen molar-refractivity contribution in [3.05, 3.63) is 54.1 Å². The molecule has 1 aliphatic heterocycles. The maximum atomic E-state index is 12.2. The molecule has 1 aliphatic rings. The fourth-order valence-corrected chi connectivity index (χ4v) is 3.19. The molecule has 1 saturated heterocycles. The first-order valence-corrected chi connectivity index (χ1v) is 8.81. The predicted octanol–water partition coefficient (Wildman–Crippen LogP) is 4.44. The fraction of sp³-hybridized carbons (Fsp3) is 0.381. The number of nitrogens with zero attached hydrogens (tertiary/aromatic N) is 1. The number of hydrogen-bond donors (Lipinski definition) is 0. The molecule has 0 spiro atoms. The van der Waals surface area contributed by atoms with Crippen LogP contribution in [0, 0.1) is 6.92 Å². The number of para-hydroxylation sites is 1. The van der Waals surface area contributed by atoms with Crippen molar-refractivity contribution >= 4 is 5.91 Å². The van der Waals surface area contributed by atoms with Crippen LogP contribution in [0.15, 0.2) is 48.5 Å². The molecule has 0 aromatic heterocycles. The van der Waals surface area contributed by atoms with E-state index in [1.54, 1.807) is 0 Å². The van der Waals surface area contributed by atoms with Gasteiger partial charge in [-0.1, -0.05) is 48.0 Å². The van der Waals surface area contributed by atoms with Crippen LogP contribution in [-0.2, 0) is 4.79 Å². The van der Waals surface area contributed by atoms with Crippen LogP contribution in [0.4, 0.5) is 0 Å². The molecule has 1 amide bonds. The third-order valence-electron chi connectivity index (χ3n) is 4.50. The standard InChI is InChI=1S/C21H25NO2/c1-17-8-7-9-18(16-17)19-10-3-4-11-20(19)24-15-12-21(23)22-13-5-2-6-14-22/h3-4,7-11,16H,2,5-6,12-15H2,1H3. The van der Waals surface area contributed by atoms with Crippen LogP contribution < -0.4 is 4.74 Å². The summed E-state index contributed by atoms with van der Waals surface area (Å²) in [6.07, 6.45) is 3.94. The highest BCUT2D eigenvalue weighted by atomic mass is 16.5. The molecule has 0 unspecified atom stereocenters. The first-order valence-electron chi connectivity index (χ1n) is 8.81. The van der Waals surface area contributed by atoms with Crippen molar-refractivity contribution in [1.82, 2.24) is 4.90 Å². The molecule has 3 nitrogen and oxygen atoms in total. The number of piperidine rings is 1. The van der Waals surface area contributed by atoms with Gasteiger partial charge in [0.1, 0.15) is 5.75 Å². The van der Waals surface area contributed by atoms with E-state index in [9.17, 15) is 4.79 Å². The molecule has 24 heavy (non-hydrogen) atoms. The Morgan fingerprint density at radius 3 is 2.62 bits per heavy atom. The monoisotopic (exact) mass is 323 g/mol. The Balaban J connectivity index is 1.62. The van der Waals surface area contributed by atoms with Crippen LogP contribution in [0.5, 0.6) is 5.75 Å². The number of carbonyl (C=O) groups is 1. The van der Waals surface area contributed by atoms with Gasteiger partial charge in [-0.3, -0.25) is 4.79 Å². The van der Waals surface area contributed by atoms with Crippen molar-refractivity contribution in [2.45, 2.75) is 32.6 Å². The smallest absolute Gasteiger partial charge is 0.225 e. The van der Waals surface area contributed by atoms with Crippen molar-refractivity contribution < 1.29 is 9.53 Å². The highest BCUT2D eigenvalue weighted by Crippen LogP contribution is 2.30. The van der Waals surface area contributed by atoms with Crippen LogP contribution in [-0.4, -0.2) is 30.5 Å². The van der Waals surface area contributed by atoms with Gasteiger partial charge in [-0.25, -0.2) is 0 Å². The second-order valence-electron chi connectivity index (χ2n) is 6.41. The van der Waals surface area contributed by atoms with Crippen LogP contribution >= 0.6 is 0 Å². The van der Waals surface area contributed by atoms with Gasteiger partial charge in [-0.05, 0) is 37.8 Å². The van der Waals surface area contributed by atoms with Crippen molar-refractivity contribution in [2.24, 2.45) is 0 Å². The van der Waals surface area contributed by atoms with E-state index in [1.807, 2.05) is 23.1 Å². The first kappa shape index (κ1) is 16.6. The Morgan fingerprint density at radius 1 is 1.04 bits per heavy atom. The third kappa shape index (κ3) is 4.16. The maximum Gasteiger partial charge on any atom is 0.225 e. The largest absolute Gasteiger partial charge is 0.492 e. The highest BCUT2D eigenvalue weighted by molar-refractivity contribution is 5.76. The second kappa shape index (κ2) is 8.00. The van der Waals surface area contributed by atoms with Crippen LogP contribution in [0.2, 0.25) is 0 Å². The summed E-state index contributed by atoms with van der Waals surface area (Å²) in [6.45, 7) is 4.32. The van der Waals surface area contributed by atoms with E-state index in [1.165, 1.54) is 12.0 Å². The molecule has 0 atom stereocenters. The molecule has 2 aromatic rings. The Bertz CT molecular complexity index is 690. The van der Waals surface area contributed by atoms with Gasteiger partial charge in [0.15, 0.2) is 0 Å². The molecule has 1 heterocycles. The van der Waals surface area contributed by atoms with Crippen LogP contribution in [0.3, 0.4) is 0 Å². The molecule has 0 radical (unpaired) electrons. The zero-order chi connectivity index (χ0) is 16.8. The van der Waals surface area contributed by atoms with Crippen molar-refractivity contribution in [3.8, 4) is 16.9 Å². The van der Waals surface area contributed by atoms with Gasteiger partial charge in [0, 0.05) is 18.7 Å². The lowest BCUT2D eigenvalue weighted by Crippen LogP contribution is -2.36. The molecule has 0 saturated carbocycles. The Hall–Kier alpha value is -2.29. The van der Waals surface area contributed by atoms with E-state index < -0.39 is 0 Å². The summed E-state index contributed by atoms with van der Waals surface area (Å²) in [5.41, 5.74) is 3.45. The maximum absolute atomic E-state index is 12.2. The quantitative estimate of drug-likeness (QED) is 0.814. The molecule has 1 fully saturated rings. The molecule has 2 aromatic carbocycles. The Labute approximate surface area is 144 Å². The zero-order valence-electron chi connectivity index (χ0n) is 14.3. The highest BCUT2D eigenvalue weighted by Gasteiger charge is 2.16. The molecule has 3 heteroatoms. The van der Waals surface area contributed by atoms with Gasteiger partial charge in [0.05, 0.1) is 13.0 Å². The van der Waals surface area contributed by atoms with Gasteiger partial charge in [-0.2, -0.15) is 0 Å². The molecule has 0 N–H and O–H groups in total. The van der Waals surface area contributed by atoms with Crippen LogP contribution in [0.25, 0.3) is 11.1 Å². The van der Waals surface area contributed by atoms with Gasteiger partial charge >= 0.3 is 0 Å². The van der Waals surface area contributed by atoms with Gasteiger partial charge in [0.2, 0.25) is 5.91 Å². The average molecular weight is 323 g/mol. The van der Waals surface area contributed by atoms with E-state index in [-0.39, 0.29) is 5.91 Å². The number of hydrogen-bond acceptors (Lipinski definition) is 2. The van der Waals surface area contributed by atoms with Gasteiger partial charge in [0.25, 0.3) is 0 Å². The van der Waals surface area contributed by atoms with Gasteiger partial charge < -0.3 is 9.64 Å². The molecule has 126 valence electrons. The fourth-order valence-electron chi connectivity index (χ4n) is 3.19. The topological polar surface area (TPSA) is 29.5 Å². The zero-order valence-corrected chi connectivity index (χ0v) is 14.3. The molecule has 3 rings (SSSR count). The lowest BCUT2D eigenvalue weighted by atomic mass is 10.0. The summed E-state index contributed by atoms with van der Waals surface area (Å²) in [5.74, 6) is 1.05. The minimum Gasteiger partial charge on any atom is -0.492 e. The molecular weight excluding hydrogens is 298 g/mol. The normalized spacial score (nSPS) is 14.5. The van der Waals surface area contributed by atoms with Crippen molar-refractivity contribution in [1.29, 1.82) is 0 Å². The Kier molecular flexibility index (Phi) is 5.52. The van der Waals surface area contributed by atoms with Crippen molar-refractivity contribution in [3.63, 3.8) is 0 Å². The predicted molar refractivity (Wildman–Crippen MR) is 97.2 cm³/mol. The number of benzene rings is 2. The van der Waals surface area contributed by atoms with Crippen molar-refractivity contribution in [2.75, 3.05) is 19.7 Å². The minimum absolute atomic E-state index is 0.211. The first-order chi connectivity index (χ1) is 11.7. The number of aryl methyl sites for hydroxylation is 1. The summed E-state index contributed by atoms with van der Waals surface area (Å²) < 4.78 is 5.95. The van der Waals surface area contributed by atoms with Crippen LogP contribution in [0.1, 0.15) is 31.2 Å². The van der Waals surface area contributed by atoms with E-state index in [2.05, 4.69) is 37.3 Å².